The molecule has 3 aromatic rings. The minimum atomic E-state index is -0.634. The van der Waals surface area contributed by atoms with E-state index in [2.05, 4.69) is 4.98 Å². The van der Waals surface area contributed by atoms with Crippen LogP contribution in [-0.4, -0.2) is 33.8 Å². The number of benzene rings is 2. The van der Waals surface area contributed by atoms with Crippen molar-refractivity contribution < 1.29 is 14.3 Å². The standard InChI is InChI=1S/C28H26N2O3/c1-28(2)18-23-22(17-21-15-9-10-16-29-21)26(31)30(23)25(28)27(32)33-24(19-11-5-3-6-12-19)20-13-7-4-8-14-20/h3-17,23-25H,18H2,1-2H3/b22-17+/t23?,25-/m0/s1. The Balaban J connectivity index is 1.42. The third kappa shape index (κ3) is 3.84. The van der Waals surface area contributed by atoms with Crippen LogP contribution in [-0.2, 0) is 14.3 Å². The Morgan fingerprint density at radius 3 is 2.18 bits per heavy atom. The van der Waals surface area contributed by atoms with Crippen molar-refractivity contribution in [1.82, 2.24) is 9.88 Å². The van der Waals surface area contributed by atoms with Gasteiger partial charge in [0.2, 0.25) is 0 Å². The molecule has 166 valence electrons. The van der Waals surface area contributed by atoms with Gasteiger partial charge in [-0.05, 0) is 41.2 Å². The van der Waals surface area contributed by atoms with Crippen LogP contribution in [0, 0.1) is 5.41 Å². The molecule has 2 aliphatic heterocycles. The van der Waals surface area contributed by atoms with Gasteiger partial charge in [-0.2, -0.15) is 0 Å². The van der Waals surface area contributed by atoms with Gasteiger partial charge in [0.05, 0.1) is 11.7 Å². The number of carbonyl (C=O) groups is 2. The van der Waals surface area contributed by atoms with Gasteiger partial charge >= 0.3 is 5.97 Å². The van der Waals surface area contributed by atoms with Crippen LogP contribution >= 0.6 is 0 Å². The lowest BCUT2D eigenvalue weighted by Gasteiger charge is -2.41. The van der Waals surface area contributed by atoms with E-state index in [1.165, 1.54) is 0 Å². The van der Waals surface area contributed by atoms with Crippen LogP contribution in [0.25, 0.3) is 6.08 Å². The summed E-state index contributed by atoms with van der Waals surface area (Å²) in [5.74, 6) is -0.486. The molecule has 5 nitrogen and oxygen atoms in total. The molecule has 5 heteroatoms. The van der Waals surface area contributed by atoms with Gasteiger partial charge in [0.15, 0.2) is 6.10 Å². The predicted molar refractivity (Wildman–Crippen MR) is 126 cm³/mol. The zero-order chi connectivity index (χ0) is 23.0. The Labute approximate surface area is 193 Å². The summed E-state index contributed by atoms with van der Waals surface area (Å²) in [4.78, 5) is 32.7. The molecule has 1 amide bonds. The molecule has 1 aromatic heterocycles. The van der Waals surface area contributed by atoms with Crippen molar-refractivity contribution in [2.75, 3.05) is 0 Å². The van der Waals surface area contributed by atoms with E-state index in [0.29, 0.717) is 12.0 Å². The molecule has 5 rings (SSSR count). The van der Waals surface area contributed by atoms with Crippen molar-refractivity contribution in [2.45, 2.75) is 38.5 Å². The average Bonchev–Trinajstić information content (AvgIpc) is 3.10. The molecule has 0 aliphatic carbocycles. The van der Waals surface area contributed by atoms with E-state index < -0.39 is 17.6 Å². The summed E-state index contributed by atoms with van der Waals surface area (Å²) in [6.45, 7) is 4.06. The SMILES string of the molecule is CC1(C)CC2/C(=C\c3ccccn3)C(=O)N2[C@H]1C(=O)OC(c1ccccc1)c1ccccc1. The number of aromatic nitrogens is 1. The predicted octanol–water partition coefficient (Wildman–Crippen LogP) is 4.81. The fourth-order valence-corrected chi connectivity index (χ4v) is 4.98. The molecule has 0 spiro atoms. The molecule has 2 fully saturated rings. The maximum Gasteiger partial charge on any atom is 0.330 e. The van der Waals surface area contributed by atoms with Crippen molar-refractivity contribution in [3.8, 4) is 0 Å². The van der Waals surface area contributed by atoms with Crippen molar-refractivity contribution >= 4 is 18.0 Å². The lowest BCUT2D eigenvalue weighted by molar-refractivity contribution is -0.162. The number of rotatable bonds is 5. The molecule has 2 aliphatic rings. The normalized spacial score (nSPS) is 22.2. The van der Waals surface area contributed by atoms with Gasteiger partial charge in [-0.15, -0.1) is 0 Å². The number of nitrogens with zero attached hydrogens (tertiary/aromatic N) is 2. The van der Waals surface area contributed by atoms with Crippen LogP contribution in [0.5, 0.6) is 0 Å². The van der Waals surface area contributed by atoms with E-state index in [1.807, 2.05) is 98.8 Å². The molecular weight excluding hydrogens is 412 g/mol. The fourth-order valence-electron chi connectivity index (χ4n) is 4.98. The second kappa shape index (κ2) is 8.32. The monoisotopic (exact) mass is 438 g/mol. The average molecular weight is 439 g/mol. The molecule has 33 heavy (non-hydrogen) atoms. The van der Waals surface area contributed by atoms with E-state index in [9.17, 15) is 9.59 Å². The first kappa shape index (κ1) is 21.1. The van der Waals surface area contributed by atoms with Crippen LogP contribution in [0.15, 0.2) is 90.6 Å². The number of hydrogen-bond donors (Lipinski definition) is 0. The lowest BCUT2D eigenvalue weighted by atomic mass is 9.83. The number of ether oxygens (including phenoxy) is 1. The molecule has 3 heterocycles. The first-order chi connectivity index (χ1) is 16.0. The minimum absolute atomic E-state index is 0.0982. The summed E-state index contributed by atoms with van der Waals surface area (Å²) >= 11 is 0. The van der Waals surface area contributed by atoms with E-state index in [-0.39, 0.29) is 17.9 Å². The van der Waals surface area contributed by atoms with E-state index >= 15 is 0 Å². The van der Waals surface area contributed by atoms with Crippen LogP contribution in [0.1, 0.15) is 43.2 Å². The summed E-state index contributed by atoms with van der Waals surface area (Å²) < 4.78 is 6.13. The second-order valence-electron chi connectivity index (χ2n) is 9.32. The lowest BCUT2D eigenvalue weighted by Crippen LogP contribution is -2.58. The second-order valence-corrected chi connectivity index (χ2v) is 9.32. The smallest absolute Gasteiger partial charge is 0.330 e. The highest BCUT2D eigenvalue weighted by molar-refractivity contribution is 6.08. The summed E-state index contributed by atoms with van der Waals surface area (Å²) in [6.07, 6.45) is 3.72. The molecule has 0 N–H and O–H groups in total. The van der Waals surface area contributed by atoms with Crippen LogP contribution in [0.3, 0.4) is 0 Å². The largest absolute Gasteiger partial charge is 0.451 e. The molecule has 0 bridgehead atoms. The third-order valence-electron chi connectivity index (χ3n) is 6.57. The molecule has 0 saturated carbocycles. The highest BCUT2D eigenvalue weighted by Crippen LogP contribution is 2.50. The summed E-state index contributed by atoms with van der Waals surface area (Å²) in [5.41, 5.74) is 2.84. The van der Waals surface area contributed by atoms with Gasteiger partial charge in [0.25, 0.3) is 5.91 Å². The van der Waals surface area contributed by atoms with Crippen molar-refractivity contribution in [1.29, 1.82) is 0 Å². The number of hydrogen-bond acceptors (Lipinski definition) is 4. The summed E-state index contributed by atoms with van der Waals surface area (Å²) in [6, 6.07) is 24.3. The Morgan fingerprint density at radius 2 is 1.61 bits per heavy atom. The van der Waals surface area contributed by atoms with E-state index in [4.69, 9.17) is 4.74 Å². The Bertz CT molecular complexity index is 1150. The first-order valence-corrected chi connectivity index (χ1v) is 11.2. The van der Waals surface area contributed by atoms with Gasteiger partial charge in [0, 0.05) is 11.8 Å². The van der Waals surface area contributed by atoms with Crippen LogP contribution in [0.4, 0.5) is 0 Å². The zero-order valence-electron chi connectivity index (χ0n) is 18.7. The highest BCUT2D eigenvalue weighted by atomic mass is 16.5. The van der Waals surface area contributed by atoms with Gasteiger partial charge in [-0.1, -0.05) is 80.6 Å². The number of carbonyl (C=O) groups excluding carboxylic acids is 2. The van der Waals surface area contributed by atoms with Gasteiger partial charge in [-0.3, -0.25) is 9.78 Å². The Kier molecular flexibility index (Phi) is 5.33. The quantitative estimate of drug-likeness (QED) is 0.326. The maximum absolute atomic E-state index is 13.6. The van der Waals surface area contributed by atoms with Gasteiger partial charge in [0.1, 0.15) is 6.04 Å². The van der Waals surface area contributed by atoms with E-state index in [0.717, 1.165) is 16.8 Å². The molecule has 1 unspecified atom stereocenters. The Hall–Kier alpha value is -3.73. The van der Waals surface area contributed by atoms with Crippen LogP contribution < -0.4 is 0 Å². The molecule has 2 atom stereocenters. The number of amides is 1. The van der Waals surface area contributed by atoms with Crippen molar-refractivity contribution in [2.24, 2.45) is 5.41 Å². The van der Waals surface area contributed by atoms with Crippen molar-refractivity contribution in [3.05, 3.63) is 107 Å². The topological polar surface area (TPSA) is 59.5 Å². The third-order valence-corrected chi connectivity index (χ3v) is 6.57. The fraction of sp³-hybridized carbons (Fsp3) is 0.250. The number of pyridine rings is 1. The van der Waals surface area contributed by atoms with Crippen molar-refractivity contribution in [3.63, 3.8) is 0 Å². The summed E-state index contributed by atoms with van der Waals surface area (Å²) in [5, 5.41) is 0. The number of fused-ring (bicyclic) bond motifs is 1. The first-order valence-electron chi connectivity index (χ1n) is 11.2. The highest BCUT2D eigenvalue weighted by Gasteiger charge is 2.61. The van der Waals surface area contributed by atoms with Crippen LogP contribution in [0.2, 0.25) is 0 Å². The van der Waals surface area contributed by atoms with E-state index in [1.54, 1.807) is 11.1 Å². The van der Waals surface area contributed by atoms with Gasteiger partial charge in [-0.25, -0.2) is 4.79 Å². The number of β-lactam (4-membered cyclic amide) rings is 1. The maximum atomic E-state index is 13.6. The van der Waals surface area contributed by atoms with Gasteiger partial charge < -0.3 is 9.64 Å². The number of esters is 1. The molecular formula is C28H26N2O3. The Morgan fingerprint density at radius 1 is 1.00 bits per heavy atom. The molecule has 2 aromatic carbocycles. The zero-order valence-corrected chi connectivity index (χ0v) is 18.7. The minimum Gasteiger partial charge on any atom is -0.451 e. The summed E-state index contributed by atoms with van der Waals surface area (Å²) in [7, 11) is 0. The molecule has 0 radical (unpaired) electrons. The molecule has 2 saturated heterocycles.